The monoisotopic (exact) mass is 217 g/mol. The van der Waals surface area contributed by atoms with Crippen molar-refractivity contribution in [3.63, 3.8) is 0 Å². The predicted octanol–water partition coefficient (Wildman–Crippen LogP) is 3.47. The third kappa shape index (κ3) is 1.36. The van der Waals surface area contributed by atoms with Gasteiger partial charge >= 0.3 is 0 Å². The van der Waals surface area contributed by atoms with E-state index in [1.807, 2.05) is 5.57 Å². The van der Waals surface area contributed by atoms with Crippen molar-refractivity contribution < 1.29 is 0 Å². The van der Waals surface area contributed by atoms with Crippen LogP contribution in [-0.2, 0) is 0 Å². The fourth-order valence-electron chi connectivity index (χ4n) is 4.38. The molecule has 3 saturated carbocycles. The van der Waals surface area contributed by atoms with Crippen LogP contribution in [-0.4, -0.2) is 6.04 Å². The molecule has 0 aromatic carbocycles. The summed E-state index contributed by atoms with van der Waals surface area (Å²) in [6, 6.07) is 0.842. The van der Waals surface area contributed by atoms with Crippen molar-refractivity contribution in [3.8, 4) is 0 Å². The lowest BCUT2D eigenvalue weighted by molar-refractivity contribution is 0.111. The van der Waals surface area contributed by atoms with Gasteiger partial charge < -0.3 is 5.32 Å². The number of nitrogens with one attached hydrogen (secondary N) is 1. The van der Waals surface area contributed by atoms with Crippen molar-refractivity contribution in [2.45, 2.75) is 57.4 Å². The van der Waals surface area contributed by atoms with Crippen LogP contribution in [0.25, 0.3) is 0 Å². The van der Waals surface area contributed by atoms with Crippen LogP contribution < -0.4 is 5.32 Å². The van der Waals surface area contributed by atoms with E-state index in [9.17, 15) is 0 Å². The minimum Gasteiger partial charge on any atom is -0.387 e. The van der Waals surface area contributed by atoms with Crippen LogP contribution in [0.3, 0.4) is 0 Å². The first-order chi connectivity index (χ1) is 7.93. The lowest BCUT2D eigenvalue weighted by Crippen LogP contribution is -2.44. The Bertz CT molecular complexity index is 311. The molecule has 0 spiro atoms. The molecule has 0 aromatic rings. The van der Waals surface area contributed by atoms with E-state index in [2.05, 4.69) is 11.5 Å². The van der Waals surface area contributed by atoms with E-state index in [0.717, 1.165) is 29.7 Å². The molecule has 0 bridgehead atoms. The lowest BCUT2D eigenvalue weighted by Gasteiger charge is -2.43. The summed E-state index contributed by atoms with van der Waals surface area (Å²) in [5, 5.41) is 3.77. The zero-order valence-corrected chi connectivity index (χ0v) is 10.1. The number of rotatable bonds is 2. The number of hydrogen-bond acceptors (Lipinski definition) is 1. The topological polar surface area (TPSA) is 12.0 Å². The molecule has 1 N–H and O–H groups in total. The van der Waals surface area contributed by atoms with E-state index in [1.165, 1.54) is 51.4 Å². The van der Waals surface area contributed by atoms with Gasteiger partial charge in [-0.1, -0.05) is 25.7 Å². The second-order valence-corrected chi connectivity index (χ2v) is 6.50. The van der Waals surface area contributed by atoms with Gasteiger partial charge in [0.2, 0.25) is 0 Å². The summed E-state index contributed by atoms with van der Waals surface area (Å²) < 4.78 is 0. The highest BCUT2D eigenvalue weighted by Crippen LogP contribution is 2.51. The normalized spacial score (nSPS) is 43.2. The predicted molar refractivity (Wildman–Crippen MR) is 65.9 cm³/mol. The van der Waals surface area contributed by atoms with Crippen molar-refractivity contribution in [2.24, 2.45) is 23.7 Å². The molecule has 0 radical (unpaired) electrons. The van der Waals surface area contributed by atoms with E-state index in [1.54, 1.807) is 0 Å². The Hall–Kier alpha value is -0.460. The standard InChI is InChI=1S/C15H23N/c1-3-10(4-1)12-5-2-6-13-14(11-7-8-11)9-16-15(12)13/h9-13,15-16H,1-8H2. The molecule has 1 heterocycles. The maximum atomic E-state index is 3.77. The van der Waals surface area contributed by atoms with Gasteiger partial charge in [0.15, 0.2) is 0 Å². The van der Waals surface area contributed by atoms with Crippen molar-refractivity contribution in [3.05, 3.63) is 11.8 Å². The molecule has 4 aliphatic rings. The fourth-order valence-corrected chi connectivity index (χ4v) is 4.38. The molecular formula is C15H23N. The van der Waals surface area contributed by atoms with Gasteiger partial charge in [-0.2, -0.15) is 0 Å². The molecule has 3 aliphatic carbocycles. The minimum absolute atomic E-state index is 0.842. The summed E-state index contributed by atoms with van der Waals surface area (Å²) in [6.45, 7) is 0. The zero-order valence-electron chi connectivity index (χ0n) is 10.1. The van der Waals surface area contributed by atoms with Crippen LogP contribution in [0.4, 0.5) is 0 Å². The molecule has 16 heavy (non-hydrogen) atoms. The molecule has 1 aliphatic heterocycles. The lowest BCUT2D eigenvalue weighted by atomic mass is 9.64. The molecule has 1 heteroatoms. The molecule has 0 aromatic heterocycles. The second-order valence-electron chi connectivity index (χ2n) is 6.50. The van der Waals surface area contributed by atoms with Crippen LogP contribution in [0.5, 0.6) is 0 Å². The van der Waals surface area contributed by atoms with E-state index in [-0.39, 0.29) is 0 Å². The Morgan fingerprint density at radius 1 is 0.938 bits per heavy atom. The molecule has 3 unspecified atom stereocenters. The largest absolute Gasteiger partial charge is 0.387 e. The second kappa shape index (κ2) is 3.51. The first kappa shape index (κ1) is 9.56. The Labute approximate surface area is 98.7 Å². The maximum absolute atomic E-state index is 3.77. The third-order valence-electron chi connectivity index (χ3n) is 5.62. The number of hydrogen-bond donors (Lipinski definition) is 1. The average molecular weight is 217 g/mol. The maximum Gasteiger partial charge on any atom is 0.0352 e. The fraction of sp³-hybridized carbons (Fsp3) is 0.867. The van der Waals surface area contributed by atoms with Crippen molar-refractivity contribution in [2.75, 3.05) is 0 Å². The third-order valence-corrected chi connectivity index (χ3v) is 5.62. The molecular weight excluding hydrogens is 194 g/mol. The molecule has 3 atom stereocenters. The summed E-state index contributed by atoms with van der Waals surface area (Å²) in [7, 11) is 0. The highest BCUT2D eigenvalue weighted by atomic mass is 15.0. The van der Waals surface area contributed by atoms with Crippen LogP contribution in [0, 0.1) is 23.7 Å². The van der Waals surface area contributed by atoms with E-state index >= 15 is 0 Å². The zero-order chi connectivity index (χ0) is 10.5. The first-order valence-electron chi connectivity index (χ1n) is 7.39. The summed E-state index contributed by atoms with van der Waals surface area (Å²) in [5.41, 5.74) is 1.81. The van der Waals surface area contributed by atoms with E-state index < -0.39 is 0 Å². The van der Waals surface area contributed by atoms with Gasteiger partial charge in [-0.15, -0.1) is 0 Å². The molecule has 0 saturated heterocycles. The average Bonchev–Trinajstić information content (AvgIpc) is 2.97. The summed E-state index contributed by atoms with van der Waals surface area (Å²) >= 11 is 0. The van der Waals surface area contributed by atoms with Crippen molar-refractivity contribution in [1.29, 1.82) is 0 Å². The highest BCUT2D eigenvalue weighted by Gasteiger charge is 2.45. The summed E-state index contributed by atoms with van der Waals surface area (Å²) in [6.07, 6.45) is 14.4. The quantitative estimate of drug-likeness (QED) is 0.747. The first-order valence-corrected chi connectivity index (χ1v) is 7.39. The SMILES string of the molecule is C1=C(C2CC2)C2CCCC(C3CCC3)C2N1. The van der Waals surface area contributed by atoms with Crippen molar-refractivity contribution >= 4 is 0 Å². The number of fused-ring (bicyclic) bond motifs is 1. The van der Waals surface area contributed by atoms with Gasteiger partial charge in [0.1, 0.15) is 0 Å². The van der Waals surface area contributed by atoms with Crippen LogP contribution >= 0.6 is 0 Å². The van der Waals surface area contributed by atoms with Crippen molar-refractivity contribution in [1.82, 2.24) is 5.32 Å². The smallest absolute Gasteiger partial charge is 0.0352 e. The molecule has 3 fully saturated rings. The van der Waals surface area contributed by atoms with E-state index in [0.29, 0.717) is 0 Å². The minimum atomic E-state index is 0.842. The van der Waals surface area contributed by atoms with E-state index in [4.69, 9.17) is 0 Å². The van der Waals surface area contributed by atoms with Gasteiger partial charge in [-0.25, -0.2) is 0 Å². The van der Waals surface area contributed by atoms with Crippen LogP contribution in [0.1, 0.15) is 51.4 Å². The van der Waals surface area contributed by atoms with Gasteiger partial charge in [0.25, 0.3) is 0 Å². The molecule has 88 valence electrons. The van der Waals surface area contributed by atoms with Crippen LogP contribution in [0.2, 0.25) is 0 Å². The van der Waals surface area contributed by atoms with Gasteiger partial charge in [0.05, 0.1) is 0 Å². The highest BCUT2D eigenvalue weighted by molar-refractivity contribution is 5.24. The Kier molecular flexibility index (Phi) is 2.10. The Balaban J connectivity index is 1.52. The van der Waals surface area contributed by atoms with Gasteiger partial charge in [0, 0.05) is 12.0 Å². The van der Waals surface area contributed by atoms with Gasteiger partial charge in [-0.3, -0.25) is 0 Å². The summed E-state index contributed by atoms with van der Waals surface area (Å²) in [5.74, 6) is 4.02. The van der Waals surface area contributed by atoms with Crippen LogP contribution in [0.15, 0.2) is 11.8 Å². The molecule has 4 rings (SSSR count). The summed E-state index contributed by atoms with van der Waals surface area (Å²) in [4.78, 5) is 0. The Morgan fingerprint density at radius 2 is 1.75 bits per heavy atom. The molecule has 1 nitrogen and oxygen atoms in total. The van der Waals surface area contributed by atoms with Gasteiger partial charge in [-0.05, 0) is 55.2 Å². The Morgan fingerprint density at radius 3 is 2.44 bits per heavy atom. The molecule has 0 amide bonds.